The van der Waals surface area contributed by atoms with Crippen LogP contribution in [0.4, 0.5) is 0 Å². The highest BCUT2D eigenvalue weighted by molar-refractivity contribution is 7.17. The van der Waals surface area contributed by atoms with Gasteiger partial charge in [-0.2, -0.15) is 0 Å². The fraction of sp³-hybridized carbons (Fsp3) is 0.500. The Kier molecular flexibility index (Phi) is 7.17. The quantitative estimate of drug-likeness (QED) is 0.703. The van der Waals surface area contributed by atoms with Gasteiger partial charge in [0.2, 0.25) is 0 Å². The van der Waals surface area contributed by atoms with Gasteiger partial charge in [-0.15, -0.1) is 11.3 Å². The molecule has 0 fully saturated rings. The van der Waals surface area contributed by atoms with Gasteiger partial charge in [0.15, 0.2) is 0 Å². The van der Waals surface area contributed by atoms with Crippen LogP contribution in [0.15, 0.2) is 18.2 Å². The first-order chi connectivity index (χ1) is 12.4. The lowest BCUT2D eigenvalue weighted by Crippen LogP contribution is -2.36. The van der Waals surface area contributed by atoms with Gasteiger partial charge in [0, 0.05) is 25.7 Å². The molecule has 1 amide bonds. The monoisotopic (exact) mass is 375 g/mol. The minimum absolute atomic E-state index is 0.0459. The van der Waals surface area contributed by atoms with Crippen molar-refractivity contribution in [3.63, 3.8) is 0 Å². The van der Waals surface area contributed by atoms with Gasteiger partial charge in [0.1, 0.15) is 15.6 Å². The maximum absolute atomic E-state index is 12.8. The van der Waals surface area contributed by atoms with Crippen LogP contribution >= 0.6 is 11.3 Å². The van der Waals surface area contributed by atoms with E-state index in [1.54, 1.807) is 12.0 Å². The van der Waals surface area contributed by atoms with E-state index in [0.29, 0.717) is 0 Å². The highest BCUT2D eigenvalue weighted by Gasteiger charge is 2.20. The van der Waals surface area contributed by atoms with Gasteiger partial charge in [-0.05, 0) is 50.7 Å². The number of aromatic nitrogens is 1. The van der Waals surface area contributed by atoms with Crippen molar-refractivity contribution in [1.29, 1.82) is 0 Å². The van der Waals surface area contributed by atoms with E-state index in [1.165, 1.54) is 11.3 Å². The van der Waals surface area contributed by atoms with Gasteiger partial charge in [0.05, 0.1) is 12.8 Å². The molecule has 0 saturated heterocycles. The highest BCUT2D eigenvalue weighted by atomic mass is 32.1. The molecule has 0 N–H and O–H groups in total. The molecule has 0 spiro atoms. The molecule has 0 aliphatic heterocycles. The number of likely N-dealkylation sites (N-methyl/N-ethyl adjacent to an activating group) is 2. The molecule has 142 valence electrons. The van der Waals surface area contributed by atoms with Gasteiger partial charge in [0.25, 0.3) is 5.91 Å². The van der Waals surface area contributed by atoms with Crippen molar-refractivity contribution in [1.82, 2.24) is 14.8 Å². The third kappa shape index (κ3) is 4.62. The number of hydrogen-bond donors (Lipinski definition) is 0. The lowest BCUT2D eigenvalue weighted by Gasteiger charge is -2.22. The van der Waals surface area contributed by atoms with E-state index < -0.39 is 0 Å². The van der Waals surface area contributed by atoms with E-state index in [0.717, 1.165) is 58.6 Å². The summed E-state index contributed by atoms with van der Waals surface area (Å²) in [6.07, 6.45) is 0. The van der Waals surface area contributed by atoms with Crippen molar-refractivity contribution in [3.8, 4) is 16.3 Å². The molecule has 2 rings (SSSR count). The first-order valence-corrected chi connectivity index (χ1v) is 9.83. The van der Waals surface area contributed by atoms with Gasteiger partial charge in [-0.3, -0.25) is 4.79 Å². The molecule has 26 heavy (non-hydrogen) atoms. The predicted molar refractivity (Wildman–Crippen MR) is 108 cm³/mol. The Morgan fingerprint density at radius 1 is 1.19 bits per heavy atom. The maximum atomic E-state index is 12.8. The molecule has 2 aromatic rings. The topological polar surface area (TPSA) is 45.7 Å². The molecule has 0 aliphatic carbocycles. The highest BCUT2D eigenvalue weighted by Crippen LogP contribution is 2.32. The molecule has 6 heteroatoms. The van der Waals surface area contributed by atoms with E-state index in [9.17, 15) is 4.79 Å². The van der Waals surface area contributed by atoms with E-state index in [-0.39, 0.29) is 5.91 Å². The third-order valence-electron chi connectivity index (χ3n) is 4.65. The van der Waals surface area contributed by atoms with E-state index in [4.69, 9.17) is 4.74 Å². The lowest BCUT2D eigenvalue weighted by atomic mass is 10.1. The number of thiazole rings is 1. The summed E-state index contributed by atoms with van der Waals surface area (Å²) in [4.78, 5) is 22.3. The molecule has 1 aromatic carbocycles. The Morgan fingerprint density at radius 2 is 1.88 bits per heavy atom. The van der Waals surface area contributed by atoms with E-state index >= 15 is 0 Å². The van der Waals surface area contributed by atoms with Crippen LogP contribution in [0.5, 0.6) is 5.75 Å². The molecule has 1 aromatic heterocycles. The van der Waals surface area contributed by atoms with Crippen molar-refractivity contribution >= 4 is 17.2 Å². The number of ether oxygens (including phenoxy) is 1. The zero-order valence-corrected chi connectivity index (χ0v) is 17.4. The fourth-order valence-electron chi connectivity index (χ4n) is 2.82. The Morgan fingerprint density at radius 3 is 2.46 bits per heavy atom. The first kappa shape index (κ1) is 20.4. The van der Waals surface area contributed by atoms with Crippen LogP contribution < -0.4 is 4.74 Å². The predicted octanol–water partition coefficient (Wildman–Crippen LogP) is 3.85. The molecular weight excluding hydrogens is 346 g/mol. The Labute approximate surface area is 160 Å². The fourth-order valence-corrected chi connectivity index (χ4v) is 3.97. The second-order valence-electron chi connectivity index (χ2n) is 6.37. The molecule has 0 unspecified atom stereocenters. The second-order valence-corrected chi connectivity index (χ2v) is 7.37. The van der Waals surface area contributed by atoms with Crippen molar-refractivity contribution in [2.75, 3.05) is 40.3 Å². The molecule has 0 aliphatic rings. The molecule has 0 bridgehead atoms. The largest absolute Gasteiger partial charge is 0.497 e. The van der Waals surface area contributed by atoms with Crippen LogP contribution in [0.3, 0.4) is 0 Å². The number of amides is 1. The Bertz CT molecular complexity index is 754. The van der Waals surface area contributed by atoms with E-state index in [2.05, 4.69) is 23.7 Å². The summed E-state index contributed by atoms with van der Waals surface area (Å²) in [5, 5.41) is 0.878. The van der Waals surface area contributed by atoms with Gasteiger partial charge in [-0.1, -0.05) is 13.8 Å². The van der Waals surface area contributed by atoms with Crippen molar-refractivity contribution in [2.24, 2.45) is 0 Å². The van der Waals surface area contributed by atoms with Crippen molar-refractivity contribution < 1.29 is 9.53 Å². The molecule has 5 nitrogen and oxygen atoms in total. The number of hydrogen-bond acceptors (Lipinski definition) is 5. The SMILES string of the molecule is CCN(CC)CCN(C)C(=O)c1sc(-c2ccc(OC)cc2C)nc1C. The summed E-state index contributed by atoms with van der Waals surface area (Å²) in [6, 6.07) is 5.92. The maximum Gasteiger partial charge on any atom is 0.265 e. The zero-order valence-electron chi connectivity index (χ0n) is 16.6. The minimum Gasteiger partial charge on any atom is -0.497 e. The number of carbonyl (C=O) groups excluding carboxylic acids is 1. The summed E-state index contributed by atoms with van der Waals surface area (Å²) in [5.74, 6) is 0.872. The summed E-state index contributed by atoms with van der Waals surface area (Å²) in [5.41, 5.74) is 2.93. The number of carbonyl (C=O) groups is 1. The summed E-state index contributed by atoms with van der Waals surface area (Å²) >= 11 is 1.47. The summed E-state index contributed by atoms with van der Waals surface area (Å²) < 4.78 is 5.27. The normalized spacial score (nSPS) is 11.0. The van der Waals surface area contributed by atoms with Crippen LogP contribution in [0.1, 0.15) is 34.8 Å². The van der Waals surface area contributed by atoms with Crippen LogP contribution in [0.25, 0.3) is 10.6 Å². The number of methoxy groups -OCH3 is 1. The molecule has 1 heterocycles. The average Bonchev–Trinajstić information content (AvgIpc) is 3.02. The van der Waals surface area contributed by atoms with Crippen LogP contribution in [-0.4, -0.2) is 61.0 Å². The van der Waals surface area contributed by atoms with Gasteiger partial charge in [-0.25, -0.2) is 4.98 Å². The number of benzene rings is 1. The van der Waals surface area contributed by atoms with E-state index in [1.807, 2.05) is 39.1 Å². The Hall–Kier alpha value is -1.92. The van der Waals surface area contributed by atoms with Gasteiger partial charge >= 0.3 is 0 Å². The summed E-state index contributed by atoms with van der Waals surface area (Å²) in [6.45, 7) is 11.8. The Balaban J connectivity index is 2.17. The zero-order chi connectivity index (χ0) is 19.3. The van der Waals surface area contributed by atoms with Crippen molar-refractivity contribution in [3.05, 3.63) is 34.3 Å². The smallest absolute Gasteiger partial charge is 0.265 e. The second kappa shape index (κ2) is 9.14. The average molecular weight is 376 g/mol. The van der Waals surface area contributed by atoms with Crippen LogP contribution in [-0.2, 0) is 0 Å². The third-order valence-corrected chi connectivity index (χ3v) is 5.83. The van der Waals surface area contributed by atoms with Crippen molar-refractivity contribution in [2.45, 2.75) is 27.7 Å². The number of rotatable bonds is 8. The molecular formula is C20H29N3O2S. The van der Waals surface area contributed by atoms with Crippen LogP contribution in [0.2, 0.25) is 0 Å². The molecule has 0 atom stereocenters. The number of aryl methyl sites for hydroxylation is 2. The van der Waals surface area contributed by atoms with Crippen LogP contribution in [0, 0.1) is 13.8 Å². The molecule has 0 radical (unpaired) electrons. The first-order valence-electron chi connectivity index (χ1n) is 9.01. The number of nitrogens with zero attached hydrogens (tertiary/aromatic N) is 3. The molecule has 0 saturated carbocycles. The van der Waals surface area contributed by atoms with Gasteiger partial charge < -0.3 is 14.5 Å². The minimum atomic E-state index is 0.0459. The summed E-state index contributed by atoms with van der Waals surface area (Å²) in [7, 11) is 3.52. The standard InChI is InChI=1S/C20H29N3O2S/c1-7-23(8-2)12-11-22(5)20(24)18-15(4)21-19(26-18)17-10-9-16(25-6)13-14(17)3/h9-10,13H,7-8,11-12H2,1-6H3. The lowest BCUT2D eigenvalue weighted by molar-refractivity contribution is 0.0783.